The highest BCUT2D eigenvalue weighted by Gasteiger charge is 2.26. The summed E-state index contributed by atoms with van der Waals surface area (Å²) in [7, 11) is 0. The van der Waals surface area contributed by atoms with Crippen LogP contribution in [-0.2, 0) is 0 Å². The average molecular weight is 394 g/mol. The molecule has 29 heavy (non-hydrogen) atoms. The van der Waals surface area contributed by atoms with Gasteiger partial charge in [0, 0.05) is 24.7 Å². The third kappa shape index (κ3) is 3.31. The normalized spacial score (nSPS) is 17.9. The highest BCUT2D eigenvalue weighted by atomic mass is 19.1. The summed E-state index contributed by atoms with van der Waals surface area (Å²) in [6, 6.07) is 12.3. The van der Waals surface area contributed by atoms with Gasteiger partial charge in [0.2, 0.25) is 5.95 Å². The van der Waals surface area contributed by atoms with Crippen molar-refractivity contribution in [1.82, 2.24) is 9.97 Å². The van der Waals surface area contributed by atoms with Gasteiger partial charge < -0.3 is 24.4 Å². The number of nitrogens with zero attached hydrogens (tertiary/aromatic N) is 4. The Hall–Kier alpha value is -3.39. The van der Waals surface area contributed by atoms with Gasteiger partial charge in [-0.25, -0.2) is 14.4 Å². The quantitative estimate of drug-likeness (QED) is 0.727. The third-order valence-corrected chi connectivity index (χ3v) is 5.03. The highest BCUT2D eigenvalue weighted by Crippen LogP contribution is 2.37. The van der Waals surface area contributed by atoms with Gasteiger partial charge in [-0.3, -0.25) is 0 Å². The predicted molar refractivity (Wildman–Crippen MR) is 105 cm³/mol. The van der Waals surface area contributed by atoms with E-state index in [-0.39, 0.29) is 5.75 Å². The van der Waals surface area contributed by atoms with Crippen molar-refractivity contribution in [2.75, 3.05) is 29.5 Å². The van der Waals surface area contributed by atoms with Crippen molar-refractivity contribution in [1.29, 1.82) is 0 Å². The van der Waals surface area contributed by atoms with Gasteiger partial charge in [0.15, 0.2) is 17.3 Å². The van der Waals surface area contributed by atoms with Crippen molar-refractivity contribution in [3.63, 3.8) is 0 Å². The van der Waals surface area contributed by atoms with Crippen LogP contribution in [0, 0.1) is 5.82 Å². The number of hydrogen-bond acceptors (Lipinski definition) is 7. The molecule has 1 atom stereocenters. The Kier molecular flexibility index (Phi) is 4.40. The second kappa shape index (κ2) is 7.21. The van der Waals surface area contributed by atoms with Crippen molar-refractivity contribution < 1.29 is 19.0 Å². The van der Waals surface area contributed by atoms with Crippen LogP contribution >= 0.6 is 0 Å². The standard InChI is InChI=1S/C21H19FN4O3/c22-17-5-2-6-18-20(17)28-10-9-26(18)21-23-12-16(13-24-21)29-15-4-1-3-14(11-15)25-8-7-19(25)27/h1-6,11-13,19,27H,7-10H2. The molecule has 3 heterocycles. The molecular weight excluding hydrogens is 375 g/mol. The van der Waals surface area contributed by atoms with Crippen molar-refractivity contribution in [3.8, 4) is 17.2 Å². The first-order chi connectivity index (χ1) is 14.2. The Bertz CT molecular complexity index is 1030. The van der Waals surface area contributed by atoms with E-state index in [2.05, 4.69) is 9.97 Å². The lowest BCUT2D eigenvalue weighted by Crippen LogP contribution is -2.47. The van der Waals surface area contributed by atoms with Crippen LogP contribution in [0.3, 0.4) is 0 Å². The fourth-order valence-electron chi connectivity index (χ4n) is 3.46. The van der Waals surface area contributed by atoms with Crippen LogP contribution in [0.4, 0.5) is 21.7 Å². The molecule has 1 aromatic heterocycles. The molecule has 0 amide bonds. The zero-order chi connectivity index (χ0) is 19.8. The summed E-state index contributed by atoms with van der Waals surface area (Å²) >= 11 is 0. The van der Waals surface area contributed by atoms with E-state index in [1.165, 1.54) is 6.07 Å². The largest absolute Gasteiger partial charge is 0.486 e. The lowest BCUT2D eigenvalue weighted by Gasteiger charge is -2.39. The third-order valence-electron chi connectivity index (χ3n) is 5.03. The van der Waals surface area contributed by atoms with Gasteiger partial charge in [0.1, 0.15) is 18.6 Å². The number of benzene rings is 2. The SMILES string of the molecule is OC1CCN1c1cccc(Oc2cnc(N3CCOc4c(F)cccc43)nc2)c1. The van der Waals surface area contributed by atoms with Gasteiger partial charge >= 0.3 is 0 Å². The molecule has 2 aliphatic rings. The van der Waals surface area contributed by atoms with Gasteiger partial charge in [-0.2, -0.15) is 0 Å². The number of rotatable bonds is 4. The van der Waals surface area contributed by atoms with E-state index >= 15 is 0 Å². The zero-order valence-electron chi connectivity index (χ0n) is 15.5. The molecule has 2 aliphatic heterocycles. The summed E-state index contributed by atoms with van der Waals surface area (Å²) in [6.07, 6.45) is 3.51. The Balaban J connectivity index is 1.34. The number of aliphatic hydroxyl groups is 1. The van der Waals surface area contributed by atoms with E-state index in [9.17, 15) is 9.50 Å². The predicted octanol–water partition coefficient (Wildman–Crippen LogP) is 3.47. The summed E-state index contributed by atoms with van der Waals surface area (Å²) in [6.45, 7) is 1.70. The van der Waals surface area contributed by atoms with Crippen molar-refractivity contribution >= 4 is 17.3 Å². The monoisotopic (exact) mass is 394 g/mol. The zero-order valence-corrected chi connectivity index (χ0v) is 15.5. The van der Waals surface area contributed by atoms with Crippen LogP contribution in [0.5, 0.6) is 17.2 Å². The Morgan fingerprint density at radius 3 is 2.66 bits per heavy atom. The molecule has 5 rings (SSSR count). The molecule has 0 radical (unpaired) electrons. The summed E-state index contributed by atoms with van der Waals surface area (Å²) in [5.74, 6) is 1.39. The first kappa shape index (κ1) is 17.7. The molecule has 0 spiro atoms. The minimum absolute atomic E-state index is 0.215. The number of hydrogen-bond donors (Lipinski definition) is 1. The van der Waals surface area contributed by atoms with Crippen molar-refractivity contribution in [3.05, 3.63) is 60.7 Å². The highest BCUT2D eigenvalue weighted by molar-refractivity contribution is 5.67. The number of aromatic nitrogens is 2. The first-order valence-corrected chi connectivity index (χ1v) is 9.42. The van der Waals surface area contributed by atoms with Gasteiger partial charge in [0.05, 0.1) is 24.6 Å². The van der Waals surface area contributed by atoms with Gasteiger partial charge in [0.25, 0.3) is 0 Å². The molecule has 3 aromatic rings. The van der Waals surface area contributed by atoms with Crippen LogP contribution in [0.25, 0.3) is 0 Å². The Morgan fingerprint density at radius 1 is 1.07 bits per heavy atom. The number of halogens is 1. The first-order valence-electron chi connectivity index (χ1n) is 9.42. The van der Waals surface area contributed by atoms with E-state index in [4.69, 9.17) is 9.47 Å². The van der Waals surface area contributed by atoms with E-state index in [0.29, 0.717) is 36.3 Å². The number of aliphatic hydroxyl groups excluding tert-OH is 1. The number of anilines is 3. The molecule has 0 aliphatic carbocycles. The summed E-state index contributed by atoms with van der Waals surface area (Å²) in [5.41, 5.74) is 1.51. The maximum atomic E-state index is 14.0. The molecule has 1 unspecified atom stereocenters. The molecule has 1 N–H and O–H groups in total. The summed E-state index contributed by atoms with van der Waals surface area (Å²) < 4.78 is 25.3. The molecule has 1 saturated heterocycles. The van der Waals surface area contributed by atoms with E-state index < -0.39 is 12.0 Å². The van der Waals surface area contributed by atoms with Crippen LogP contribution in [0.1, 0.15) is 6.42 Å². The number of para-hydroxylation sites is 1. The second-order valence-electron chi connectivity index (χ2n) is 6.87. The molecule has 0 saturated carbocycles. The molecule has 148 valence electrons. The van der Waals surface area contributed by atoms with Crippen molar-refractivity contribution in [2.45, 2.75) is 12.6 Å². The van der Waals surface area contributed by atoms with Crippen molar-refractivity contribution in [2.24, 2.45) is 0 Å². The van der Waals surface area contributed by atoms with Gasteiger partial charge in [-0.15, -0.1) is 0 Å². The lowest BCUT2D eigenvalue weighted by atomic mass is 10.1. The fourth-order valence-corrected chi connectivity index (χ4v) is 3.46. The minimum Gasteiger partial charge on any atom is -0.486 e. The van der Waals surface area contributed by atoms with E-state index in [1.54, 1.807) is 24.5 Å². The maximum Gasteiger partial charge on any atom is 0.230 e. The number of ether oxygens (including phenoxy) is 2. The maximum absolute atomic E-state index is 14.0. The smallest absolute Gasteiger partial charge is 0.230 e. The Labute approximate surface area is 167 Å². The Morgan fingerprint density at radius 2 is 1.90 bits per heavy atom. The molecule has 7 nitrogen and oxygen atoms in total. The van der Waals surface area contributed by atoms with E-state index in [0.717, 1.165) is 18.7 Å². The van der Waals surface area contributed by atoms with Crippen LogP contribution in [0.2, 0.25) is 0 Å². The second-order valence-corrected chi connectivity index (χ2v) is 6.87. The molecule has 8 heteroatoms. The molecule has 1 fully saturated rings. The van der Waals surface area contributed by atoms with Gasteiger partial charge in [-0.05, 0) is 24.3 Å². The topological polar surface area (TPSA) is 71.0 Å². The molecule has 0 bridgehead atoms. The minimum atomic E-state index is -0.436. The van der Waals surface area contributed by atoms with Crippen LogP contribution in [0.15, 0.2) is 54.9 Å². The number of fused-ring (bicyclic) bond motifs is 1. The molecular formula is C21H19FN4O3. The van der Waals surface area contributed by atoms with Gasteiger partial charge in [-0.1, -0.05) is 12.1 Å². The van der Waals surface area contributed by atoms with Crippen LogP contribution < -0.4 is 19.3 Å². The molecule has 2 aromatic carbocycles. The summed E-state index contributed by atoms with van der Waals surface area (Å²) in [4.78, 5) is 12.5. The fraction of sp³-hybridized carbons (Fsp3) is 0.238. The van der Waals surface area contributed by atoms with E-state index in [1.807, 2.05) is 34.1 Å². The average Bonchev–Trinajstić information content (AvgIpc) is 2.74. The van der Waals surface area contributed by atoms with Crippen LogP contribution in [-0.4, -0.2) is 41.0 Å². The lowest BCUT2D eigenvalue weighted by molar-refractivity contribution is 0.113. The summed E-state index contributed by atoms with van der Waals surface area (Å²) in [5, 5.41) is 9.81.